The van der Waals surface area contributed by atoms with E-state index in [4.69, 9.17) is 4.74 Å². The number of carbonyl (C=O) groups excluding carboxylic acids is 1. The number of amides is 1. The number of hydrogen-bond acceptors (Lipinski definition) is 3. The zero-order valence-corrected chi connectivity index (χ0v) is 16.0. The molecule has 25 heavy (non-hydrogen) atoms. The van der Waals surface area contributed by atoms with E-state index in [0.29, 0.717) is 18.0 Å². The molecule has 1 aromatic rings. The smallest absolute Gasteiger partial charge is 0.407 e. The van der Waals surface area contributed by atoms with Crippen LogP contribution in [0.4, 0.5) is 4.79 Å². The summed E-state index contributed by atoms with van der Waals surface area (Å²) in [6.45, 7) is 7.90. The molecular weight excluding hydrogens is 312 g/mol. The largest absolute Gasteiger partial charge is 0.444 e. The number of benzene rings is 1. The lowest BCUT2D eigenvalue weighted by atomic mass is 9.74. The maximum Gasteiger partial charge on any atom is 0.407 e. The number of hydrogen-bond donors (Lipinski definition) is 2. The summed E-state index contributed by atoms with van der Waals surface area (Å²) in [5, 5.41) is 6.85. The van der Waals surface area contributed by atoms with Crippen molar-refractivity contribution in [1.29, 1.82) is 0 Å². The maximum absolute atomic E-state index is 12.0. The van der Waals surface area contributed by atoms with Gasteiger partial charge in [-0.2, -0.15) is 0 Å². The first-order chi connectivity index (χ1) is 11.8. The van der Waals surface area contributed by atoms with Gasteiger partial charge in [0.15, 0.2) is 0 Å². The third-order valence-corrected chi connectivity index (χ3v) is 5.43. The van der Waals surface area contributed by atoms with Crippen LogP contribution in [0.15, 0.2) is 24.3 Å². The molecule has 1 amide bonds. The fourth-order valence-corrected chi connectivity index (χ4v) is 4.15. The molecule has 2 aliphatic carbocycles. The third-order valence-electron chi connectivity index (χ3n) is 5.43. The highest BCUT2D eigenvalue weighted by Crippen LogP contribution is 2.39. The van der Waals surface area contributed by atoms with Crippen molar-refractivity contribution in [1.82, 2.24) is 10.6 Å². The number of ether oxygens (including phenoxy) is 1. The number of aryl methyl sites for hydroxylation is 1. The van der Waals surface area contributed by atoms with Crippen molar-refractivity contribution in [3.05, 3.63) is 35.4 Å². The summed E-state index contributed by atoms with van der Waals surface area (Å²) in [5.41, 5.74) is 2.45. The minimum absolute atomic E-state index is 0.187. The van der Waals surface area contributed by atoms with Crippen LogP contribution in [-0.2, 0) is 4.74 Å². The van der Waals surface area contributed by atoms with Gasteiger partial charge >= 0.3 is 6.09 Å². The number of alkyl carbamates (subject to hydrolysis) is 1. The van der Waals surface area contributed by atoms with Gasteiger partial charge in [0.05, 0.1) is 0 Å². The second kappa shape index (κ2) is 7.36. The van der Waals surface area contributed by atoms with Crippen LogP contribution >= 0.6 is 0 Å². The highest BCUT2D eigenvalue weighted by Gasteiger charge is 2.36. The fourth-order valence-electron chi connectivity index (χ4n) is 4.15. The Morgan fingerprint density at radius 1 is 1.12 bits per heavy atom. The second-order valence-electron chi connectivity index (χ2n) is 8.68. The van der Waals surface area contributed by atoms with Crippen LogP contribution in [0.2, 0.25) is 0 Å². The van der Waals surface area contributed by atoms with E-state index in [0.717, 1.165) is 19.3 Å². The molecule has 138 valence electrons. The summed E-state index contributed by atoms with van der Waals surface area (Å²) in [6, 6.07) is 9.84. The van der Waals surface area contributed by atoms with E-state index in [1.807, 2.05) is 20.8 Å². The van der Waals surface area contributed by atoms with Gasteiger partial charge in [-0.05, 0) is 76.8 Å². The first-order valence-electron chi connectivity index (χ1n) is 9.63. The predicted octanol–water partition coefficient (Wildman–Crippen LogP) is 4.28. The van der Waals surface area contributed by atoms with Gasteiger partial charge in [0.1, 0.15) is 5.60 Å². The molecule has 2 aliphatic rings. The van der Waals surface area contributed by atoms with Crippen molar-refractivity contribution in [2.24, 2.45) is 0 Å². The van der Waals surface area contributed by atoms with Crippen molar-refractivity contribution >= 4 is 6.09 Å². The molecule has 0 spiro atoms. The topological polar surface area (TPSA) is 50.4 Å². The zero-order valence-electron chi connectivity index (χ0n) is 16.0. The molecular formula is C21H32N2O2. The Kier molecular flexibility index (Phi) is 5.38. The molecule has 0 bridgehead atoms. The summed E-state index contributed by atoms with van der Waals surface area (Å²) < 4.78 is 5.40. The molecule has 0 saturated heterocycles. The highest BCUT2D eigenvalue weighted by atomic mass is 16.6. The maximum atomic E-state index is 12.0. The Balaban J connectivity index is 1.47. The van der Waals surface area contributed by atoms with Gasteiger partial charge in [-0.3, -0.25) is 0 Å². The van der Waals surface area contributed by atoms with Crippen LogP contribution in [0.3, 0.4) is 0 Å². The summed E-state index contributed by atoms with van der Waals surface area (Å²) in [6.07, 6.45) is 5.42. The third kappa shape index (κ3) is 4.75. The summed E-state index contributed by atoms with van der Waals surface area (Å²) in [4.78, 5) is 12.0. The molecule has 2 unspecified atom stereocenters. The lowest BCUT2D eigenvalue weighted by molar-refractivity contribution is 0.0494. The van der Waals surface area contributed by atoms with E-state index >= 15 is 0 Å². The van der Waals surface area contributed by atoms with Gasteiger partial charge in [-0.15, -0.1) is 0 Å². The fraction of sp³-hybridized carbons (Fsp3) is 0.667. The summed E-state index contributed by atoms with van der Waals surface area (Å²) >= 11 is 0. The van der Waals surface area contributed by atoms with E-state index in [1.165, 1.54) is 24.0 Å². The molecule has 0 heterocycles. The van der Waals surface area contributed by atoms with E-state index in [9.17, 15) is 4.79 Å². The van der Waals surface area contributed by atoms with Gasteiger partial charge in [0.25, 0.3) is 0 Å². The van der Waals surface area contributed by atoms with Gasteiger partial charge in [0, 0.05) is 18.1 Å². The predicted molar refractivity (Wildman–Crippen MR) is 101 cm³/mol. The number of nitrogens with one attached hydrogen (secondary N) is 2. The highest BCUT2D eigenvalue weighted by molar-refractivity contribution is 5.68. The van der Waals surface area contributed by atoms with Gasteiger partial charge < -0.3 is 15.4 Å². The molecule has 0 aliphatic heterocycles. The standard InChI is InChI=1S/C21H32N2O2/c1-14-8-5-6-9-17(14)15-12-16(13-15)22-18-10-7-11-19(18)23-20(24)25-21(2,3)4/h5-6,8-9,15-16,18-19,22H,7,10-13H2,1-4H3,(H,23,24). The van der Waals surface area contributed by atoms with Crippen LogP contribution in [0.5, 0.6) is 0 Å². The molecule has 3 rings (SSSR count). The molecule has 2 fully saturated rings. The van der Waals surface area contributed by atoms with Crippen molar-refractivity contribution in [2.75, 3.05) is 0 Å². The van der Waals surface area contributed by atoms with Crippen LogP contribution in [0, 0.1) is 6.92 Å². The Morgan fingerprint density at radius 2 is 1.80 bits per heavy atom. The minimum atomic E-state index is -0.444. The van der Waals surface area contributed by atoms with Gasteiger partial charge in [-0.25, -0.2) is 4.79 Å². The lowest BCUT2D eigenvalue weighted by Crippen LogP contribution is -2.53. The van der Waals surface area contributed by atoms with Crippen LogP contribution in [0.1, 0.15) is 69.9 Å². The Morgan fingerprint density at radius 3 is 2.48 bits per heavy atom. The van der Waals surface area contributed by atoms with Crippen LogP contribution < -0.4 is 10.6 Å². The van der Waals surface area contributed by atoms with Gasteiger partial charge in [0.2, 0.25) is 0 Å². The SMILES string of the molecule is Cc1ccccc1C1CC(NC2CCCC2NC(=O)OC(C)(C)C)C1. The van der Waals surface area contributed by atoms with Gasteiger partial charge in [-0.1, -0.05) is 24.3 Å². The monoisotopic (exact) mass is 344 g/mol. The van der Waals surface area contributed by atoms with E-state index in [2.05, 4.69) is 41.8 Å². The minimum Gasteiger partial charge on any atom is -0.444 e. The molecule has 4 nitrogen and oxygen atoms in total. The van der Waals surface area contributed by atoms with Crippen molar-refractivity contribution in [3.8, 4) is 0 Å². The zero-order chi connectivity index (χ0) is 18.0. The van der Waals surface area contributed by atoms with Crippen molar-refractivity contribution < 1.29 is 9.53 Å². The Labute approximate surface area is 151 Å². The molecule has 4 heteroatoms. The molecule has 2 N–H and O–H groups in total. The number of carbonyl (C=O) groups is 1. The normalized spacial score (nSPS) is 29.1. The first kappa shape index (κ1) is 18.2. The van der Waals surface area contributed by atoms with E-state index < -0.39 is 5.60 Å². The summed E-state index contributed by atoms with van der Waals surface area (Å²) in [5.74, 6) is 0.678. The molecule has 0 aromatic heterocycles. The van der Waals surface area contributed by atoms with Crippen LogP contribution in [0.25, 0.3) is 0 Å². The van der Waals surface area contributed by atoms with Crippen LogP contribution in [-0.4, -0.2) is 29.8 Å². The van der Waals surface area contributed by atoms with Crippen molar-refractivity contribution in [3.63, 3.8) is 0 Å². The number of rotatable bonds is 4. The average Bonchev–Trinajstić information content (AvgIpc) is 2.88. The average molecular weight is 344 g/mol. The molecule has 1 aromatic carbocycles. The molecule has 2 atom stereocenters. The van der Waals surface area contributed by atoms with E-state index in [-0.39, 0.29) is 12.1 Å². The Hall–Kier alpha value is -1.55. The summed E-state index contributed by atoms with van der Waals surface area (Å²) in [7, 11) is 0. The van der Waals surface area contributed by atoms with Crippen molar-refractivity contribution in [2.45, 2.75) is 89.4 Å². The lowest BCUT2D eigenvalue weighted by Gasteiger charge is -2.40. The molecule has 2 saturated carbocycles. The first-order valence-corrected chi connectivity index (χ1v) is 9.63. The second-order valence-corrected chi connectivity index (χ2v) is 8.68. The quantitative estimate of drug-likeness (QED) is 0.857. The molecule has 0 radical (unpaired) electrons. The Bertz CT molecular complexity index is 602. The van der Waals surface area contributed by atoms with E-state index in [1.54, 1.807) is 0 Å².